The topological polar surface area (TPSA) is 25.8 Å². The number of benzene rings is 2. The third kappa shape index (κ3) is 6.37. The molecule has 0 aliphatic rings. The SMILES string of the molecule is CC(C)(C)c1ccc(-c2cccnc2)cc1.CC(C)(C)c1cccc(-c2cccnc2)c1. The summed E-state index contributed by atoms with van der Waals surface area (Å²) in [5.74, 6) is 0. The van der Waals surface area contributed by atoms with E-state index in [0.29, 0.717) is 0 Å². The molecule has 0 unspecified atom stereocenters. The molecule has 32 heavy (non-hydrogen) atoms. The van der Waals surface area contributed by atoms with E-state index in [-0.39, 0.29) is 10.8 Å². The number of nitrogens with zero attached hydrogens (tertiary/aromatic N) is 2. The van der Waals surface area contributed by atoms with Gasteiger partial charge in [-0.05, 0) is 56.3 Å². The summed E-state index contributed by atoms with van der Waals surface area (Å²) in [5.41, 5.74) is 7.93. The van der Waals surface area contributed by atoms with Gasteiger partial charge in [-0.15, -0.1) is 0 Å². The van der Waals surface area contributed by atoms with Crippen LogP contribution in [0.3, 0.4) is 0 Å². The van der Waals surface area contributed by atoms with Crippen LogP contribution < -0.4 is 0 Å². The van der Waals surface area contributed by atoms with Gasteiger partial charge >= 0.3 is 0 Å². The summed E-state index contributed by atoms with van der Waals surface area (Å²) >= 11 is 0. The van der Waals surface area contributed by atoms with Crippen molar-refractivity contribution in [2.45, 2.75) is 52.4 Å². The van der Waals surface area contributed by atoms with Crippen molar-refractivity contribution in [1.82, 2.24) is 9.97 Å². The summed E-state index contributed by atoms with van der Waals surface area (Å²) in [6.45, 7) is 13.4. The van der Waals surface area contributed by atoms with Gasteiger partial charge in [0.15, 0.2) is 0 Å². The van der Waals surface area contributed by atoms with Gasteiger partial charge in [0.05, 0.1) is 0 Å². The predicted octanol–water partition coefficient (Wildman–Crippen LogP) is 8.09. The van der Waals surface area contributed by atoms with E-state index < -0.39 is 0 Å². The Morgan fingerprint density at radius 3 is 1.44 bits per heavy atom. The van der Waals surface area contributed by atoms with Gasteiger partial charge in [-0.2, -0.15) is 0 Å². The van der Waals surface area contributed by atoms with E-state index in [1.165, 1.54) is 33.4 Å². The van der Waals surface area contributed by atoms with Crippen LogP contribution in [0.4, 0.5) is 0 Å². The van der Waals surface area contributed by atoms with Crippen molar-refractivity contribution < 1.29 is 0 Å². The standard InChI is InChI=1S/2C15H17N/c1-15(2,3)14-8-4-6-12(10-14)13-7-5-9-16-11-13;1-15(2,3)14-8-6-12(7-9-14)13-5-4-10-16-11-13/h2*4-11H,1-3H3. The van der Waals surface area contributed by atoms with Crippen LogP contribution in [0.15, 0.2) is 97.6 Å². The lowest BCUT2D eigenvalue weighted by Gasteiger charge is -2.19. The largest absolute Gasteiger partial charge is 0.264 e. The molecule has 0 aliphatic carbocycles. The first-order valence-electron chi connectivity index (χ1n) is 11.2. The highest BCUT2D eigenvalue weighted by Gasteiger charge is 2.14. The van der Waals surface area contributed by atoms with Crippen LogP contribution in [0, 0.1) is 0 Å². The first kappa shape index (κ1) is 23.4. The molecule has 0 bridgehead atoms. The van der Waals surface area contributed by atoms with Gasteiger partial charge in [0, 0.05) is 24.8 Å². The molecule has 0 N–H and O–H groups in total. The molecule has 0 saturated carbocycles. The monoisotopic (exact) mass is 422 g/mol. The Morgan fingerprint density at radius 1 is 0.469 bits per heavy atom. The molecule has 2 aromatic carbocycles. The molecular weight excluding hydrogens is 388 g/mol. The number of rotatable bonds is 2. The van der Waals surface area contributed by atoms with E-state index in [4.69, 9.17) is 0 Å². The van der Waals surface area contributed by atoms with E-state index in [0.717, 1.165) is 0 Å². The normalized spacial score (nSPS) is 11.4. The minimum atomic E-state index is 0.193. The molecule has 2 heterocycles. The van der Waals surface area contributed by atoms with Gasteiger partial charge in [-0.3, -0.25) is 9.97 Å². The second-order valence-electron chi connectivity index (χ2n) is 10.1. The Balaban J connectivity index is 0.000000181. The lowest BCUT2D eigenvalue weighted by atomic mass is 9.85. The Bertz CT molecular complexity index is 1100. The van der Waals surface area contributed by atoms with Crippen molar-refractivity contribution in [3.63, 3.8) is 0 Å². The number of aromatic nitrogens is 2. The van der Waals surface area contributed by atoms with Crippen molar-refractivity contribution in [1.29, 1.82) is 0 Å². The second kappa shape index (κ2) is 9.91. The second-order valence-corrected chi connectivity index (χ2v) is 10.1. The van der Waals surface area contributed by atoms with E-state index in [1.807, 2.05) is 24.5 Å². The Hall–Kier alpha value is -3.26. The summed E-state index contributed by atoms with van der Waals surface area (Å²) in [7, 11) is 0. The zero-order chi connectivity index (χ0) is 23.2. The molecule has 0 saturated heterocycles. The van der Waals surface area contributed by atoms with Crippen LogP contribution in [0.2, 0.25) is 0 Å². The lowest BCUT2D eigenvalue weighted by Crippen LogP contribution is -2.10. The smallest absolute Gasteiger partial charge is 0.0346 e. The summed E-state index contributed by atoms with van der Waals surface area (Å²) in [6, 6.07) is 25.5. The van der Waals surface area contributed by atoms with Crippen LogP contribution >= 0.6 is 0 Å². The first-order valence-corrected chi connectivity index (χ1v) is 11.2. The van der Waals surface area contributed by atoms with Gasteiger partial charge in [0.1, 0.15) is 0 Å². The maximum atomic E-state index is 4.15. The fourth-order valence-electron chi connectivity index (χ4n) is 3.39. The highest BCUT2D eigenvalue weighted by Crippen LogP contribution is 2.27. The van der Waals surface area contributed by atoms with Gasteiger partial charge in [0.25, 0.3) is 0 Å². The van der Waals surface area contributed by atoms with Crippen LogP contribution in [0.1, 0.15) is 52.7 Å². The third-order valence-electron chi connectivity index (χ3n) is 5.47. The third-order valence-corrected chi connectivity index (χ3v) is 5.47. The van der Waals surface area contributed by atoms with Gasteiger partial charge in [-0.1, -0.05) is 102 Å². The van der Waals surface area contributed by atoms with Crippen molar-refractivity contribution in [3.8, 4) is 22.3 Å². The van der Waals surface area contributed by atoms with Gasteiger partial charge in [0.2, 0.25) is 0 Å². The van der Waals surface area contributed by atoms with Crippen LogP contribution in [0.25, 0.3) is 22.3 Å². The molecule has 0 atom stereocenters. The summed E-state index contributed by atoms with van der Waals surface area (Å²) in [4.78, 5) is 8.29. The van der Waals surface area contributed by atoms with Crippen molar-refractivity contribution >= 4 is 0 Å². The minimum absolute atomic E-state index is 0.193. The molecule has 0 spiro atoms. The van der Waals surface area contributed by atoms with Gasteiger partial charge < -0.3 is 0 Å². The molecule has 2 aromatic heterocycles. The molecular formula is C30H34N2. The lowest BCUT2D eigenvalue weighted by molar-refractivity contribution is 0.590. The zero-order valence-corrected chi connectivity index (χ0v) is 20.1. The number of pyridine rings is 2. The summed E-state index contributed by atoms with van der Waals surface area (Å²) in [6.07, 6.45) is 7.40. The van der Waals surface area contributed by atoms with E-state index in [9.17, 15) is 0 Å². The Kier molecular flexibility index (Phi) is 7.25. The predicted molar refractivity (Wildman–Crippen MR) is 137 cm³/mol. The molecule has 0 radical (unpaired) electrons. The maximum absolute atomic E-state index is 4.15. The van der Waals surface area contributed by atoms with Crippen molar-refractivity contribution in [3.05, 3.63) is 109 Å². The molecule has 4 aromatic rings. The molecule has 4 rings (SSSR count). The van der Waals surface area contributed by atoms with Crippen molar-refractivity contribution in [2.75, 3.05) is 0 Å². The zero-order valence-electron chi connectivity index (χ0n) is 20.1. The average Bonchev–Trinajstić information content (AvgIpc) is 2.80. The van der Waals surface area contributed by atoms with Crippen LogP contribution in [-0.2, 0) is 10.8 Å². The first-order chi connectivity index (χ1) is 15.1. The highest BCUT2D eigenvalue weighted by atomic mass is 14.6. The Labute approximate surface area is 193 Å². The van der Waals surface area contributed by atoms with Crippen LogP contribution in [0.5, 0.6) is 0 Å². The number of hydrogen-bond donors (Lipinski definition) is 0. The molecule has 0 fully saturated rings. The average molecular weight is 423 g/mol. The van der Waals surface area contributed by atoms with Gasteiger partial charge in [-0.25, -0.2) is 0 Å². The molecule has 164 valence electrons. The molecule has 2 heteroatoms. The maximum Gasteiger partial charge on any atom is 0.0346 e. The van der Waals surface area contributed by atoms with E-state index >= 15 is 0 Å². The molecule has 0 amide bonds. The van der Waals surface area contributed by atoms with E-state index in [1.54, 1.807) is 12.4 Å². The van der Waals surface area contributed by atoms with Crippen LogP contribution in [-0.4, -0.2) is 9.97 Å². The summed E-state index contributed by atoms with van der Waals surface area (Å²) in [5, 5.41) is 0. The molecule has 0 aliphatic heterocycles. The highest BCUT2D eigenvalue weighted by molar-refractivity contribution is 5.64. The summed E-state index contributed by atoms with van der Waals surface area (Å²) < 4.78 is 0. The molecule has 2 nitrogen and oxygen atoms in total. The fraction of sp³-hybridized carbons (Fsp3) is 0.267. The Morgan fingerprint density at radius 2 is 0.969 bits per heavy atom. The fourth-order valence-corrected chi connectivity index (χ4v) is 3.39. The minimum Gasteiger partial charge on any atom is -0.264 e. The quantitative estimate of drug-likeness (QED) is 0.326. The van der Waals surface area contributed by atoms with Crippen molar-refractivity contribution in [2.24, 2.45) is 0 Å². The van der Waals surface area contributed by atoms with E-state index in [2.05, 4.69) is 112 Å². The number of hydrogen-bond acceptors (Lipinski definition) is 2.